The summed E-state index contributed by atoms with van der Waals surface area (Å²) < 4.78 is 28.5. The second-order valence-corrected chi connectivity index (χ2v) is 5.48. The number of aliphatic hydroxyl groups is 1. The first-order chi connectivity index (χ1) is 8.40. The lowest BCUT2D eigenvalue weighted by Gasteiger charge is -2.09. The van der Waals surface area contributed by atoms with Gasteiger partial charge in [-0.25, -0.2) is 13.9 Å². The zero-order valence-electron chi connectivity index (χ0n) is 9.53. The van der Waals surface area contributed by atoms with Crippen LogP contribution >= 0.6 is 0 Å². The minimum absolute atomic E-state index is 0.0481. The Bertz CT molecular complexity index is 510. The average molecular weight is 275 g/mol. The van der Waals surface area contributed by atoms with Crippen LogP contribution in [0.15, 0.2) is 29.2 Å². The largest absolute Gasteiger partial charge is 0.497 e. The molecule has 0 fully saturated rings. The van der Waals surface area contributed by atoms with Crippen molar-refractivity contribution in [3.63, 3.8) is 0 Å². The monoisotopic (exact) mass is 275 g/mol. The number of hydrogen-bond donors (Lipinski definition) is 3. The van der Waals surface area contributed by atoms with Crippen LogP contribution in [0.2, 0.25) is 0 Å². The van der Waals surface area contributed by atoms with Gasteiger partial charge in [0.05, 0.1) is 17.8 Å². The molecule has 1 unspecified atom stereocenters. The molecule has 1 rings (SSSR count). The summed E-state index contributed by atoms with van der Waals surface area (Å²) in [6, 6.07) is 5.51. The van der Waals surface area contributed by atoms with Crippen LogP contribution in [0.25, 0.3) is 0 Å². The lowest BCUT2D eigenvalue weighted by molar-refractivity contribution is -0.136. The molecule has 7 nitrogen and oxygen atoms in total. The number of sulfone groups is 1. The van der Waals surface area contributed by atoms with E-state index >= 15 is 0 Å². The van der Waals surface area contributed by atoms with Gasteiger partial charge in [0.1, 0.15) is 11.9 Å². The van der Waals surface area contributed by atoms with E-state index < -0.39 is 27.6 Å². The molecule has 1 aromatic carbocycles. The van der Waals surface area contributed by atoms with Crippen molar-refractivity contribution in [1.82, 2.24) is 5.48 Å². The Balaban J connectivity index is 2.89. The molecule has 0 heterocycles. The zero-order chi connectivity index (χ0) is 13.8. The first-order valence-corrected chi connectivity index (χ1v) is 6.54. The number of nitrogens with one attached hydrogen (secondary N) is 1. The number of methoxy groups -OCH3 is 1. The number of hydrogen-bond acceptors (Lipinski definition) is 6. The van der Waals surface area contributed by atoms with Gasteiger partial charge < -0.3 is 9.84 Å². The van der Waals surface area contributed by atoms with E-state index in [0.717, 1.165) is 0 Å². The Hall–Kier alpha value is -1.64. The molecule has 0 radical (unpaired) electrons. The molecule has 0 saturated heterocycles. The summed E-state index contributed by atoms with van der Waals surface area (Å²) in [6.45, 7) is 0. The molecule has 0 aliphatic rings. The fourth-order valence-corrected chi connectivity index (χ4v) is 2.55. The maximum absolute atomic E-state index is 11.8. The predicted molar refractivity (Wildman–Crippen MR) is 61.0 cm³/mol. The standard InChI is InChI=1S/C10H13NO6S/c1-17-7-2-4-8(5-3-7)18(15,16)6-9(12)10(13)11-14/h2-5,9,12,14H,6H2,1H3,(H,11,13). The van der Waals surface area contributed by atoms with Crippen LogP contribution in [0.1, 0.15) is 0 Å². The van der Waals surface area contributed by atoms with Crippen LogP contribution in [0.5, 0.6) is 5.75 Å². The van der Waals surface area contributed by atoms with Crippen molar-refractivity contribution in [1.29, 1.82) is 0 Å². The molecule has 18 heavy (non-hydrogen) atoms. The fourth-order valence-electron chi connectivity index (χ4n) is 1.24. The van der Waals surface area contributed by atoms with E-state index in [4.69, 9.17) is 9.94 Å². The number of rotatable bonds is 5. The minimum atomic E-state index is -3.82. The molecule has 0 bridgehead atoms. The third-order valence-corrected chi connectivity index (χ3v) is 3.95. The summed E-state index contributed by atoms with van der Waals surface area (Å²) in [5.74, 6) is -1.50. The van der Waals surface area contributed by atoms with E-state index in [1.807, 2.05) is 0 Å². The molecule has 100 valence electrons. The van der Waals surface area contributed by atoms with E-state index in [1.54, 1.807) is 0 Å². The van der Waals surface area contributed by atoms with Gasteiger partial charge >= 0.3 is 0 Å². The van der Waals surface area contributed by atoms with E-state index in [-0.39, 0.29) is 4.90 Å². The van der Waals surface area contributed by atoms with Gasteiger partial charge in [-0.2, -0.15) is 0 Å². The first-order valence-electron chi connectivity index (χ1n) is 4.89. The molecule has 0 aliphatic carbocycles. The zero-order valence-corrected chi connectivity index (χ0v) is 10.3. The van der Waals surface area contributed by atoms with Gasteiger partial charge in [-0.05, 0) is 24.3 Å². The molecule has 8 heteroatoms. The third kappa shape index (κ3) is 3.42. The SMILES string of the molecule is COc1ccc(S(=O)(=O)CC(O)C(=O)NO)cc1. The Morgan fingerprint density at radius 2 is 1.94 bits per heavy atom. The Morgan fingerprint density at radius 1 is 1.39 bits per heavy atom. The number of benzene rings is 1. The van der Waals surface area contributed by atoms with Gasteiger partial charge in [-0.3, -0.25) is 10.0 Å². The number of amides is 1. The maximum Gasteiger partial charge on any atom is 0.273 e. The molecule has 1 atom stereocenters. The highest BCUT2D eigenvalue weighted by Crippen LogP contribution is 2.17. The van der Waals surface area contributed by atoms with Crippen molar-refractivity contribution in [3.8, 4) is 5.75 Å². The van der Waals surface area contributed by atoms with Crippen molar-refractivity contribution in [2.45, 2.75) is 11.0 Å². The first kappa shape index (κ1) is 14.4. The molecular formula is C10H13NO6S. The normalized spacial score (nSPS) is 12.8. The lowest BCUT2D eigenvalue weighted by Crippen LogP contribution is -2.37. The van der Waals surface area contributed by atoms with E-state index in [1.165, 1.54) is 36.9 Å². The molecule has 0 aliphatic heterocycles. The van der Waals surface area contributed by atoms with Gasteiger partial charge in [-0.1, -0.05) is 0 Å². The summed E-state index contributed by atoms with van der Waals surface area (Å²) >= 11 is 0. The summed E-state index contributed by atoms with van der Waals surface area (Å²) in [5, 5.41) is 17.5. The number of hydroxylamine groups is 1. The van der Waals surface area contributed by atoms with E-state index in [9.17, 15) is 18.3 Å². The molecular weight excluding hydrogens is 262 g/mol. The molecule has 1 amide bonds. The second-order valence-electron chi connectivity index (χ2n) is 3.45. The predicted octanol–water partition coefficient (Wildman–Crippen LogP) is -0.665. The van der Waals surface area contributed by atoms with E-state index in [0.29, 0.717) is 5.75 Å². The number of aliphatic hydroxyl groups excluding tert-OH is 1. The Labute approximate surface area is 104 Å². The quantitative estimate of drug-likeness (QED) is 0.485. The second kappa shape index (κ2) is 5.80. The van der Waals surface area contributed by atoms with Crippen LogP contribution in [0.3, 0.4) is 0 Å². The van der Waals surface area contributed by atoms with Gasteiger partial charge in [0.2, 0.25) is 0 Å². The van der Waals surface area contributed by atoms with Crippen molar-refractivity contribution < 1.29 is 28.3 Å². The van der Waals surface area contributed by atoms with Gasteiger partial charge in [0.25, 0.3) is 5.91 Å². The molecule has 3 N–H and O–H groups in total. The van der Waals surface area contributed by atoms with Crippen molar-refractivity contribution in [2.24, 2.45) is 0 Å². The third-order valence-electron chi connectivity index (χ3n) is 2.21. The van der Waals surface area contributed by atoms with Gasteiger partial charge in [-0.15, -0.1) is 0 Å². The molecule has 0 saturated carbocycles. The van der Waals surface area contributed by atoms with Gasteiger partial charge in [0, 0.05) is 0 Å². The smallest absolute Gasteiger partial charge is 0.273 e. The van der Waals surface area contributed by atoms with Crippen molar-refractivity contribution >= 4 is 15.7 Å². The topological polar surface area (TPSA) is 113 Å². The van der Waals surface area contributed by atoms with Crippen LogP contribution in [-0.4, -0.2) is 43.6 Å². The van der Waals surface area contributed by atoms with E-state index in [2.05, 4.69) is 0 Å². The molecule has 1 aromatic rings. The summed E-state index contributed by atoms with van der Waals surface area (Å²) in [7, 11) is -2.37. The van der Waals surface area contributed by atoms with Crippen molar-refractivity contribution in [2.75, 3.05) is 12.9 Å². The Kier molecular flexibility index (Phi) is 4.65. The van der Waals surface area contributed by atoms with Crippen LogP contribution < -0.4 is 10.2 Å². The summed E-state index contributed by atoms with van der Waals surface area (Å²) in [4.78, 5) is 10.8. The lowest BCUT2D eigenvalue weighted by atomic mass is 10.3. The minimum Gasteiger partial charge on any atom is -0.497 e. The van der Waals surface area contributed by atoms with Crippen LogP contribution in [-0.2, 0) is 14.6 Å². The highest BCUT2D eigenvalue weighted by molar-refractivity contribution is 7.91. The van der Waals surface area contributed by atoms with Crippen LogP contribution in [0.4, 0.5) is 0 Å². The highest BCUT2D eigenvalue weighted by atomic mass is 32.2. The molecule has 0 aromatic heterocycles. The Morgan fingerprint density at radius 3 is 2.39 bits per heavy atom. The van der Waals surface area contributed by atoms with Crippen molar-refractivity contribution in [3.05, 3.63) is 24.3 Å². The number of ether oxygens (including phenoxy) is 1. The highest BCUT2D eigenvalue weighted by Gasteiger charge is 2.24. The number of carbonyl (C=O) groups excluding carboxylic acids is 1. The molecule has 0 spiro atoms. The summed E-state index contributed by atoms with van der Waals surface area (Å²) in [5.41, 5.74) is 1.18. The van der Waals surface area contributed by atoms with Crippen LogP contribution in [0, 0.1) is 0 Å². The van der Waals surface area contributed by atoms with Gasteiger partial charge in [0.15, 0.2) is 9.84 Å². The number of carbonyl (C=O) groups is 1. The average Bonchev–Trinajstić information content (AvgIpc) is 2.37. The maximum atomic E-state index is 11.8. The summed E-state index contributed by atoms with van der Waals surface area (Å²) in [6.07, 6.45) is -1.83. The fraction of sp³-hybridized carbons (Fsp3) is 0.300.